The van der Waals surface area contributed by atoms with Gasteiger partial charge in [-0.3, -0.25) is 0 Å². The van der Waals surface area contributed by atoms with Gasteiger partial charge in [0.05, 0.1) is 36.9 Å². The highest BCUT2D eigenvalue weighted by atomic mass is 79.9. The number of pyridine rings is 2. The summed E-state index contributed by atoms with van der Waals surface area (Å²) in [5.74, 6) is 0.471. The minimum atomic E-state index is -0.414. The smallest absolute Gasteiger partial charge is 0.340 e. The van der Waals surface area contributed by atoms with Gasteiger partial charge in [-0.05, 0) is 34.1 Å². The number of hydrogen-bond donors (Lipinski definition) is 1. The van der Waals surface area contributed by atoms with Gasteiger partial charge in [-0.15, -0.1) is 0 Å². The monoisotopic (exact) mass is 390 g/mol. The molecular formula is C16H15BrN4O3. The van der Waals surface area contributed by atoms with Gasteiger partial charge >= 0.3 is 5.97 Å². The van der Waals surface area contributed by atoms with Gasteiger partial charge < -0.3 is 19.4 Å². The topological polar surface area (TPSA) is 80.3 Å². The zero-order chi connectivity index (χ0) is 16.7. The zero-order valence-corrected chi connectivity index (χ0v) is 14.6. The molecule has 0 spiro atoms. The fourth-order valence-electron chi connectivity index (χ4n) is 2.93. The van der Waals surface area contributed by atoms with Gasteiger partial charge in [-0.25, -0.2) is 14.8 Å². The Bertz CT molecular complexity index is 934. The number of carbonyl (C=O) groups is 1. The van der Waals surface area contributed by atoms with Crippen molar-refractivity contribution < 1.29 is 14.3 Å². The van der Waals surface area contributed by atoms with E-state index in [0.717, 1.165) is 24.3 Å². The van der Waals surface area contributed by atoms with E-state index in [1.54, 1.807) is 6.07 Å². The van der Waals surface area contributed by atoms with Crippen LogP contribution in [0.15, 0.2) is 22.8 Å². The molecule has 0 saturated carbocycles. The molecule has 8 heteroatoms. The van der Waals surface area contributed by atoms with Crippen LogP contribution >= 0.6 is 15.9 Å². The van der Waals surface area contributed by atoms with Gasteiger partial charge in [-0.1, -0.05) is 0 Å². The van der Waals surface area contributed by atoms with Crippen molar-refractivity contribution in [3.05, 3.63) is 28.4 Å². The van der Waals surface area contributed by atoms with Gasteiger partial charge in [0, 0.05) is 18.5 Å². The second-order valence-electron chi connectivity index (χ2n) is 5.50. The van der Waals surface area contributed by atoms with Crippen molar-refractivity contribution >= 4 is 49.8 Å². The van der Waals surface area contributed by atoms with Crippen LogP contribution in [0.3, 0.4) is 0 Å². The van der Waals surface area contributed by atoms with E-state index in [4.69, 9.17) is 14.5 Å². The summed E-state index contributed by atoms with van der Waals surface area (Å²) in [5, 5.41) is 0.869. The van der Waals surface area contributed by atoms with E-state index in [1.807, 2.05) is 12.1 Å². The van der Waals surface area contributed by atoms with E-state index in [0.29, 0.717) is 40.1 Å². The maximum atomic E-state index is 12.0. The van der Waals surface area contributed by atoms with E-state index in [9.17, 15) is 4.79 Å². The first kappa shape index (κ1) is 15.3. The first-order chi connectivity index (χ1) is 11.7. The molecule has 3 aromatic rings. The van der Waals surface area contributed by atoms with E-state index >= 15 is 0 Å². The van der Waals surface area contributed by atoms with Crippen molar-refractivity contribution in [1.29, 1.82) is 0 Å². The van der Waals surface area contributed by atoms with Crippen LogP contribution in [0, 0.1) is 0 Å². The van der Waals surface area contributed by atoms with Crippen LogP contribution in [-0.4, -0.2) is 54.3 Å². The molecule has 0 unspecified atom stereocenters. The third-order valence-electron chi connectivity index (χ3n) is 4.11. The van der Waals surface area contributed by atoms with Crippen LogP contribution in [0.2, 0.25) is 0 Å². The number of methoxy groups -OCH3 is 1. The maximum absolute atomic E-state index is 12.0. The number of rotatable bonds is 2. The number of morpholine rings is 1. The highest BCUT2D eigenvalue weighted by Gasteiger charge is 2.19. The number of carbonyl (C=O) groups excluding carboxylic acids is 1. The lowest BCUT2D eigenvalue weighted by molar-refractivity contribution is 0.0602. The van der Waals surface area contributed by atoms with Gasteiger partial charge in [0.15, 0.2) is 0 Å². The van der Waals surface area contributed by atoms with Crippen LogP contribution in [0.25, 0.3) is 22.1 Å². The molecule has 0 aliphatic carbocycles. The SMILES string of the molecule is COC(=O)c1cc(Br)nc2c1[nH]c1nc(N3CCOCC3)ccc12. The normalized spacial score (nSPS) is 15.2. The Labute approximate surface area is 146 Å². The third-order valence-corrected chi connectivity index (χ3v) is 4.51. The van der Waals surface area contributed by atoms with Gasteiger partial charge in [0.25, 0.3) is 0 Å². The Morgan fingerprint density at radius 2 is 2.12 bits per heavy atom. The van der Waals surface area contributed by atoms with E-state index in [1.165, 1.54) is 7.11 Å². The summed E-state index contributed by atoms with van der Waals surface area (Å²) in [6.07, 6.45) is 0. The highest BCUT2D eigenvalue weighted by Crippen LogP contribution is 2.29. The summed E-state index contributed by atoms with van der Waals surface area (Å²) in [7, 11) is 1.36. The summed E-state index contributed by atoms with van der Waals surface area (Å²) in [5.41, 5.74) is 2.46. The molecule has 3 aromatic heterocycles. The lowest BCUT2D eigenvalue weighted by Crippen LogP contribution is -2.36. The first-order valence-corrected chi connectivity index (χ1v) is 8.36. The summed E-state index contributed by atoms with van der Waals surface area (Å²) in [4.78, 5) is 26.6. The Hall–Kier alpha value is -2.19. The number of aromatic amines is 1. The Morgan fingerprint density at radius 3 is 2.88 bits per heavy atom. The molecule has 0 aromatic carbocycles. The minimum Gasteiger partial charge on any atom is -0.465 e. The molecule has 0 bridgehead atoms. The van der Waals surface area contributed by atoms with Crippen LogP contribution in [0.4, 0.5) is 5.82 Å². The van der Waals surface area contributed by atoms with Crippen molar-refractivity contribution in [2.75, 3.05) is 38.3 Å². The second-order valence-corrected chi connectivity index (χ2v) is 6.31. The molecule has 0 amide bonds. The summed E-state index contributed by atoms with van der Waals surface area (Å²) >= 11 is 3.35. The second kappa shape index (κ2) is 6.03. The number of nitrogens with zero attached hydrogens (tertiary/aromatic N) is 3. The molecule has 1 aliphatic rings. The van der Waals surface area contributed by atoms with Crippen molar-refractivity contribution in [1.82, 2.24) is 15.0 Å². The third kappa shape index (κ3) is 2.51. The summed E-state index contributed by atoms with van der Waals surface area (Å²) in [6.45, 7) is 3.03. The molecule has 1 saturated heterocycles. The van der Waals surface area contributed by atoms with E-state index in [2.05, 4.69) is 30.8 Å². The Morgan fingerprint density at radius 1 is 1.33 bits per heavy atom. The fraction of sp³-hybridized carbons (Fsp3) is 0.312. The molecule has 4 rings (SSSR count). The van der Waals surface area contributed by atoms with Crippen LogP contribution in [0.1, 0.15) is 10.4 Å². The van der Waals surface area contributed by atoms with E-state index < -0.39 is 5.97 Å². The van der Waals surface area contributed by atoms with Gasteiger partial charge in [-0.2, -0.15) is 0 Å². The van der Waals surface area contributed by atoms with Crippen molar-refractivity contribution in [2.24, 2.45) is 0 Å². The van der Waals surface area contributed by atoms with Gasteiger partial charge in [0.1, 0.15) is 16.1 Å². The van der Waals surface area contributed by atoms with Gasteiger partial charge in [0.2, 0.25) is 0 Å². The van der Waals surface area contributed by atoms with Crippen LogP contribution in [-0.2, 0) is 9.47 Å². The van der Waals surface area contributed by atoms with Crippen molar-refractivity contribution in [3.8, 4) is 0 Å². The predicted molar refractivity (Wildman–Crippen MR) is 93.5 cm³/mol. The average Bonchev–Trinajstić information content (AvgIpc) is 2.98. The number of fused-ring (bicyclic) bond motifs is 3. The molecular weight excluding hydrogens is 376 g/mol. The molecule has 1 aliphatic heterocycles. The lowest BCUT2D eigenvalue weighted by Gasteiger charge is -2.27. The number of aromatic nitrogens is 3. The van der Waals surface area contributed by atoms with Crippen LogP contribution in [0.5, 0.6) is 0 Å². The quantitative estimate of drug-likeness (QED) is 0.534. The molecule has 1 fully saturated rings. The van der Waals surface area contributed by atoms with Crippen LogP contribution < -0.4 is 4.90 Å². The maximum Gasteiger partial charge on any atom is 0.340 e. The van der Waals surface area contributed by atoms with Crippen molar-refractivity contribution in [3.63, 3.8) is 0 Å². The number of nitrogens with one attached hydrogen (secondary N) is 1. The number of halogens is 1. The predicted octanol–water partition coefficient (Wildman–Crippen LogP) is 2.50. The molecule has 124 valence electrons. The Balaban J connectivity index is 1.89. The minimum absolute atomic E-state index is 0.414. The molecule has 0 atom stereocenters. The standard InChI is InChI=1S/C16H15BrN4O3/c1-23-16(22)10-8-11(17)18-13-9-2-3-12(19-15(9)20-14(10)13)21-4-6-24-7-5-21/h2-3,8H,4-7H2,1H3,(H,19,20). The van der Waals surface area contributed by atoms with E-state index in [-0.39, 0.29) is 0 Å². The fourth-order valence-corrected chi connectivity index (χ4v) is 3.33. The molecule has 7 nitrogen and oxygen atoms in total. The molecule has 24 heavy (non-hydrogen) atoms. The van der Waals surface area contributed by atoms with Crippen molar-refractivity contribution in [2.45, 2.75) is 0 Å². The Kier molecular flexibility index (Phi) is 3.85. The average molecular weight is 391 g/mol. The molecule has 0 radical (unpaired) electrons. The number of ether oxygens (including phenoxy) is 2. The zero-order valence-electron chi connectivity index (χ0n) is 13.0. The number of H-pyrrole nitrogens is 1. The first-order valence-electron chi connectivity index (χ1n) is 7.57. The lowest BCUT2D eigenvalue weighted by atomic mass is 10.2. The number of esters is 1. The molecule has 4 heterocycles. The largest absolute Gasteiger partial charge is 0.465 e. The summed E-state index contributed by atoms with van der Waals surface area (Å²) < 4.78 is 10.8. The highest BCUT2D eigenvalue weighted by molar-refractivity contribution is 9.10. The number of anilines is 1. The summed E-state index contributed by atoms with van der Waals surface area (Å²) in [6, 6.07) is 5.60. The molecule has 1 N–H and O–H groups in total. The number of hydrogen-bond acceptors (Lipinski definition) is 6.